The standard InChI is InChI=1S/C46H61N7O12S/c1-26(2)34(50-38(55)28(5)47-43(60)64-31-20-14-10-15-21-31)40(57)49-33(24-30-18-12-9-13-19-30)37(54)46(62,63)53-25-66-45(7,8)36(53)42(59)52-41(58)35(27(3)4)51-39(56)29(6)48-44(61)65-32-22-16-11-17-23-32/h9-23,26-29,33-37,54,62-63H,24-25H2,1-8H3,(H,47,60)(H,48,61)(H,49,57)(H,50,55)(H,51,56)(H,52,58,59)/t28-,29-,33-,34-,35-,36?,37-/m0/s1. The summed E-state index contributed by atoms with van der Waals surface area (Å²) >= 11 is 1.13. The van der Waals surface area contributed by atoms with Crippen LogP contribution < -0.4 is 41.4 Å². The number of aliphatic hydroxyl groups excluding tert-OH is 1. The number of hydrogen-bond donors (Lipinski definition) is 9. The third-order valence-corrected chi connectivity index (χ3v) is 12.1. The smallest absolute Gasteiger partial charge is 0.410 e. The third kappa shape index (κ3) is 14.5. The van der Waals surface area contributed by atoms with E-state index < -0.39 is 107 Å². The summed E-state index contributed by atoms with van der Waals surface area (Å²) in [6, 6.07) is 17.1. The lowest BCUT2D eigenvalue weighted by molar-refractivity contribution is -0.317. The Bertz CT molecular complexity index is 2150. The average molecular weight is 936 g/mol. The highest BCUT2D eigenvalue weighted by Gasteiger charge is 2.57. The van der Waals surface area contributed by atoms with Gasteiger partial charge in [0.05, 0.1) is 11.9 Å². The fraction of sp³-hybridized carbons (Fsp3) is 0.457. The Morgan fingerprint density at radius 3 is 1.52 bits per heavy atom. The molecule has 4 rings (SSSR count). The van der Waals surface area contributed by atoms with Crippen LogP contribution in [0.3, 0.4) is 0 Å². The molecule has 0 radical (unpaired) electrons. The van der Waals surface area contributed by atoms with Crippen molar-refractivity contribution in [3.05, 3.63) is 96.6 Å². The Morgan fingerprint density at radius 2 is 1.08 bits per heavy atom. The first kappa shape index (κ1) is 52.6. The number of carbonyl (C=O) groups excluding carboxylic acids is 7. The van der Waals surface area contributed by atoms with Crippen LogP contribution in [0.5, 0.6) is 11.5 Å². The van der Waals surface area contributed by atoms with Gasteiger partial charge in [0.1, 0.15) is 47.8 Å². The molecule has 1 saturated heterocycles. The van der Waals surface area contributed by atoms with Crippen LogP contribution in [-0.4, -0.2) is 121 Å². The van der Waals surface area contributed by atoms with E-state index >= 15 is 0 Å². The SMILES string of the molecule is CC(C)[C@H](NC(=O)[C@H](C)NC(=O)Oc1ccccc1)C(=O)NC(=O)C1N(C(O)(O)[C@@H](O)[C@H](Cc2ccccc2)NC(=O)[C@@H](NC(=O)[C@H](C)NC(=O)Oc2ccccc2)C(C)C)CSC1(C)C. The second kappa shape index (κ2) is 23.4. The van der Waals surface area contributed by atoms with E-state index in [2.05, 4.69) is 31.9 Å². The molecule has 1 unspecified atom stereocenters. The van der Waals surface area contributed by atoms with Crippen LogP contribution in [0, 0.1) is 11.8 Å². The van der Waals surface area contributed by atoms with Gasteiger partial charge in [0.25, 0.3) is 5.91 Å². The van der Waals surface area contributed by atoms with Crippen LogP contribution in [0.2, 0.25) is 0 Å². The van der Waals surface area contributed by atoms with Gasteiger partial charge in [0.15, 0.2) is 0 Å². The first-order chi connectivity index (χ1) is 31.0. The van der Waals surface area contributed by atoms with E-state index in [1.54, 1.807) is 133 Å². The number of benzene rings is 3. The summed E-state index contributed by atoms with van der Waals surface area (Å²) in [5.74, 6) is -8.28. The summed E-state index contributed by atoms with van der Waals surface area (Å²) in [5.41, 5.74) is 0.577. The molecule has 9 N–H and O–H groups in total. The van der Waals surface area contributed by atoms with Crippen LogP contribution in [0.1, 0.15) is 61.0 Å². The number of carbonyl (C=O) groups is 7. The number of para-hydroxylation sites is 2. The van der Waals surface area contributed by atoms with Gasteiger partial charge in [0.2, 0.25) is 29.5 Å². The van der Waals surface area contributed by atoms with E-state index in [1.165, 1.54) is 13.8 Å². The van der Waals surface area contributed by atoms with Gasteiger partial charge in [-0.15, -0.1) is 11.8 Å². The molecule has 0 aliphatic carbocycles. The number of amides is 7. The summed E-state index contributed by atoms with van der Waals surface area (Å²) in [5, 5.41) is 50.7. The minimum atomic E-state index is -3.23. The molecule has 1 aliphatic heterocycles. The molecule has 7 atom stereocenters. The molecule has 0 spiro atoms. The number of imide groups is 1. The predicted octanol–water partition coefficient (Wildman–Crippen LogP) is 2.15. The van der Waals surface area contributed by atoms with Gasteiger partial charge in [0, 0.05) is 4.75 Å². The molecule has 3 aromatic carbocycles. The van der Waals surface area contributed by atoms with Crippen molar-refractivity contribution in [3.8, 4) is 11.5 Å². The summed E-state index contributed by atoms with van der Waals surface area (Å²) in [7, 11) is 0. The topological polar surface area (TPSA) is 274 Å². The van der Waals surface area contributed by atoms with Crippen molar-refractivity contribution in [3.63, 3.8) is 0 Å². The lowest BCUT2D eigenvalue weighted by Gasteiger charge is -2.43. The lowest BCUT2D eigenvalue weighted by atomic mass is 9.94. The second-order valence-corrected chi connectivity index (χ2v) is 18.7. The minimum Gasteiger partial charge on any atom is -0.410 e. The van der Waals surface area contributed by atoms with Gasteiger partial charge >= 0.3 is 12.2 Å². The molecule has 66 heavy (non-hydrogen) atoms. The summed E-state index contributed by atoms with van der Waals surface area (Å²) in [6.45, 7) is 12.6. The highest BCUT2D eigenvalue weighted by atomic mass is 32.2. The van der Waals surface area contributed by atoms with Gasteiger partial charge in [-0.3, -0.25) is 29.3 Å². The number of nitrogens with one attached hydrogen (secondary N) is 6. The van der Waals surface area contributed by atoms with Crippen LogP contribution >= 0.6 is 11.8 Å². The predicted molar refractivity (Wildman–Crippen MR) is 244 cm³/mol. The maximum absolute atomic E-state index is 14.1. The summed E-state index contributed by atoms with van der Waals surface area (Å²) in [6.07, 6.45) is -4.18. The Kier molecular flexibility index (Phi) is 18.6. The normalized spacial score (nSPS) is 17.5. The third-order valence-electron chi connectivity index (χ3n) is 10.7. The highest BCUT2D eigenvalue weighted by molar-refractivity contribution is 8.00. The first-order valence-electron chi connectivity index (χ1n) is 21.4. The molecule has 19 nitrogen and oxygen atoms in total. The van der Waals surface area contributed by atoms with Crippen LogP contribution in [0.4, 0.5) is 9.59 Å². The zero-order chi connectivity index (χ0) is 48.9. The van der Waals surface area contributed by atoms with Crippen molar-refractivity contribution in [1.29, 1.82) is 0 Å². The summed E-state index contributed by atoms with van der Waals surface area (Å²) in [4.78, 5) is 94.1. The molecular formula is C46H61N7O12S. The molecule has 1 fully saturated rings. The van der Waals surface area contributed by atoms with Crippen molar-refractivity contribution in [1.82, 2.24) is 36.8 Å². The van der Waals surface area contributed by atoms with Crippen molar-refractivity contribution in [2.24, 2.45) is 11.8 Å². The molecular weight excluding hydrogens is 875 g/mol. The van der Waals surface area contributed by atoms with E-state index in [0.717, 1.165) is 16.7 Å². The van der Waals surface area contributed by atoms with Crippen molar-refractivity contribution in [2.75, 3.05) is 5.88 Å². The maximum Gasteiger partial charge on any atom is 0.413 e. The number of nitrogens with zero attached hydrogens (tertiary/aromatic N) is 1. The van der Waals surface area contributed by atoms with Crippen LogP contribution in [-0.2, 0) is 30.4 Å². The van der Waals surface area contributed by atoms with Crippen LogP contribution in [0.15, 0.2) is 91.0 Å². The zero-order valence-electron chi connectivity index (χ0n) is 38.1. The Morgan fingerprint density at radius 1 is 0.652 bits per heavy atom. The molecule has 7 amide bonds. The monoisotopic (exact) mass is 935 g/mol. The van der Waals surface area contributed by atoms with Gasteiger partial charge in [-0.25, -0.2) is 14.5 Å². The van der Waals surface area contributed by atoms with Crippen molar-refractivity contribution in [2.45, 2.75) is 115 Å². The number of aliphatic hydroxyl groups is 3. The molecule has 358 valence electrons. The molecule has 0 bridgehead atoms. The molecule has 3 aromatic rings. The van der Waals surface area contributed by atoms with E-state index in [1.807, 2.05) is 0 Å². The average Bonchev–Trinajstić information content (AvgIpc) is 3.59. The highest BCUT2D eigenvalue weighted by Crippen LogP contribution is 2.43. The number of hydrogen-bond acceptors (Lipinski definition) is 14. The Balaban J connectivity index is 1.49. The van der Waals surface area contributed by atoms with E-state index in [4.69, 9.17) is 9.47 Å². The molecule has 20 heteroatoms. The molecule has 1 aliphatic rings. The van der Waals surface area contributed by atoms with E-state index in [-0.39, 0.29) is 23.8 Å². The zero-order valence-corrected chi connectivity index (χ0v) is 39.0. The largest absolute Gasteiger partial charge is 0.413 e. The van der Waals surface area contributed by atoms with Crippen molar-refractivity contribution >= 4 is 53.5 Å². The lowest BCUT2D eigenvalue weighted by Crippen LogP contribution is -2.69. The Hall–Kier alpha value is -6.06. The molecule has 0 saturated carbocycles. The van der Waals surface area contributed by atoms with Crippen LogP contribution in [0.25, 0.3) is 0 Å². The quantitative estimate of drug-likeness (QED) is 0.0780. The maximum atomic E-state index is 14.1. The number of thioether (sulfide) groups is 1. The number of rotatable bonds is 19. The minimum absolute atomic E-state index is 0.147. The fourth-order valence-electron chi connectivity index (χ4n) is 6.96. The van der Waals surface area contributed by atoms with E-state index in [0.29, 0.717) is 5.56 Å². The molecule has 1 heterocycles. The second-order valence-electron chi connectivity index (χ2n) is 17.1. The number of ether oxygens (including phenoxy) is 2. The first-order valence-corrected chi connectivity index (χ1v) is 22.4. The Labute approximate surface area is 388 Å². The van der Waals surface area contributed by atoms with Crippen molar-refractivity contribution < 1.29 is 58.4 Å². The van der Waals surface area contributed by atoms with E-state index in [9.17, 15) is 48.9 Å². The fourth-order valence-corrected chi connectivity index (χ4v) is 8.16. The van der Waals surface area contributed by atoms with Gasteiger partial charge in [-0.1, -0.05) is 94.4 Å². The van der Waals surface area contributed by atoms with Gasteiger partial charge < -0.3 is 51.4 Å². The molecule has 0 aromatic heterocycles. The van der Waals surface area contributed by atoms with Gasteiger partial charge in [-0.05, 0) is 75.8 Å². The summed E-state index contributed by atoms with van der Waals surface area (Å²) < 4.78 is 9.28. The van der Waals surface area contributed by atoms with Gasteiger partial charge in [-0.2, -0.15) is 0 Å².